The third kappa shape index (κ3) is 7.05. The summed E-state index contributed by atoms with van der Waals surface area (Å²) in [5.41, 5.74) is 1.53. The van der Waals surface area contributed by atoms with Gasteiger partial charge < -0.3 is 0 Å². The molecule has 0 aromatic rings. The summed E-state index contributed by atoms with van der Waals surface area (Å²) in [5, 5.41) is 0. The van der Waals surface area contributed by atoms with E-state index in [2.05, 4.69) is 6.92 Å². The third-order valence-electron chi connectivity index (χ3n) is 9.28. The van der Waals surface area contributed by atoms with Crippen LogP contribution in [0.3, 0.4) is 0 Å². The molecule has 1 atom stereocenters. The Bertz CT molecular complexity index is 390. The molecule has 1 unspecified atom stereocenters. The van der Waals surface area contributed by atoms with Crippen LogP contribution in [-0.4, -0.2) is 0 Å². The molecule has 0 bridgehead atoms. The van der Waals surface area contributed by atoms with Gasteiger partial charge in [0.25, 0.3) is 0 Å². The largest absolute Gasteiger partial charge is 0.0654 e. The lowest BCUT2D eigenvalue weighted by Crippen LogP contribution is -2.23. The lowest BCUT2D eigenvalue weighted by Gasteiger charge is -2.36. The van der Waals surface area contributed by atoms with Gasteiger partial charge in [0.2, 0.25) is 0 Å². The number of hydrogen-bond acceptors (Lipinski definition) is 0. The van der Waals surface area contributed by atoms with Crippen molar-refractivity contribution in [3.8, 4) is 0 Å². The van der Waals surface area contributed by atoms with Crippen molar-refractivity contribution in [3.05, 3.63) is 0 Å². The van der Waals surface area contributed by atoms with Crippen molar-refractivity contribution in [2.24, 2.45) is 16.7 Å². The Morgan fingerprint density at radius 2 is 1.21 bits per heavy atom. The Labute approximate surface area is 178 Å². The van der Waals surface area contributed by atoms with Crippen molar-refractivity contribution in [3.63, 3.8) is 0 Å². The van der Waals surface area contributed by atoms with Crippen LogP contribution in [0.1, 0.15) is 161 Å². The van der Waals surface area contributed by atoms with E-state index in [1.807, 2.05) is 0 Å². The van der Waals surface area contributed by atoms with Gasteiger partial charge in [-0.1, -0.05) is 96.8 Å². The molecule has 0 saturated heterocycles. The fourth-order valence-electron chi connectivity index (χ4n) is 7.40. The molecule has 0 nitrogen and oxygen atoms in total. The highest BCUT2D eigenvalue weighted by Gasteiger charge is 2.39. The third-order valence-corrected chi connectivity index (χ3v) is 9.28. The van der Waals surface area contributed by atoms with Crippen LogP contribution in [0.15, 0.2) is 0 Å². The predicted molar refractivity (Wildman–Crippen MR) is 125 cm³/mol. The van der Waals surface area contributed by atoms with Gasteiger partial charge in [0.05, 0.1) is 0 Å². The summed E-state index contributed by atoms with van der Waals surface area (Å²) >= 11 is 0. The van der Waals surface area contributed by atoms with E-state index < -0.39 is 0 Å². The molecule has 0 aromatic heterocycles. The maximum Gasteiger partial charge on any atom is -0.0295 e. The molecule has 0 aliphatic heterocycles. The molecule has 3 fully saturated rings. The van der Waals surface area contributed by atoms with Crippen molar-refractivity contribution in [2.45, 2.75) is 161 Å². The van der Waals surface area contributed by atoms with Crippen LogP contribution in [0.25, 0.3) is 0 Å². The zero-order chi connectivity index (χ0) is 19.5. The van der Waals surface area contributed by atoms with Gasteiger partial charge in [-0.2, -0.15) is 0 Å². The maximum atomic E-state index is 2.36. The van der Waals surface area contributed by atoms with Gasteiger partial charge in [-0.15, -0.1) is 0 Å². The minimum Gasteiger partial charge on any atom is -0.0654 e. The Morgan fingerprint density at radius 1 is 0.607 bits per heavy atom. The van der Waals surface area contributed by atoms with Crippen molar-refractivity contribution in [1.82, 2.24) is 0 Å². The fourth-order valence-corrected chi connectivity index (χ4v) is 7.40. The average molecular weight is 389 g/mol. The van der Waals surface area contributed by atoms with E-state index in [0.717, 1.165) is 16.7 Å². The fraction of sp³-hybridized carbons (Fsp3) is 1.00. The van der Waals surface area contributed by atoms with Crippen LogP contribution < -0.4 is 0 Å². The molecule has 3 aliphatic rings. The van der Waals surface area contributed by atoms with Gasteiger partial charge in [0, 0.05) is 0 Å². The van der Waals surface area contributed by atoms with Gasteiger partial charge >= 0.3 is 0 Å². The molecule has 0 amide bonds. The molecule has 28 heavy (non-hydrogen) atoms. The molecule has 1 spiro atoms. The van der Waals surface area contributed by atoms with Crippen LogP contribution >= 0.6 is 0 Å². The van der Waals surface area contributed by atoms with Gasteiger partial charge in [0.15, 0.2) is 0 Å². The second-order valence-corrected chi connectivity index (χ2v) is 11.5. The van der Waals surface area contributed by atoms with Crippen molar-refractivity contribution < 1.29 is 0 Å². The molecular formula is C28H52. The summed E-state index contributed by atoms with van der Waals surface area (Å²) in [4.78, 5) is 0. The van der Waals surface area contributed by atoms with E-state index in [0.29, 0.717) is 0 Å². The molecule has 3 saturated carbocycles. The number of unbranched alkanes of at least 4 members (excludes halogenated alkanes) is 3. The Balaban J connectivity index is 1.54. The SMILES string of the molecule is CCCCCCC1(CCC2CCC3(CCCCCC3)C2)CCCCCCCC1. The molecule has 0 N–H and O–H groups in total. The van der Waals surface area contributed by atoms with Gasteiger partial charge in [-0.25, -0.2) is 0 Å². The molecular weight excluding hydrogens is 336 g/mol. The summed E-state index contributed by atoms with van der Waals surface area (Å²) in [6.07, 6.45) is 36.9. The summed E-state index contributed by atoms with van der Waals surface area (Å²) in [5.74, 6) is 1.08. The Morgan fingerprint density at radius 3 is 1.86 bits per heavy atom. The zero-order valence-corrected chi connectivity index (χ0v) is 19.5. The van der Waals surface area contributed by atoms with E-state index in [-0.39, 0.29) is 0 Å². The topological polar surface area (TPSA) is 0 Å². The summed E-state index contributed by atoms with van der Waals surface area (Å²) in [6.45, 7) is 2.36. The highest BCUT2D eigenvalue weighted by Crippen LogP contribution is 2.53. The number of hydrogen-bond donors (Lipinski definition) is 0. The Kier molecular flexibility index (Phi) is 9.72. The molecule has 3 rings (SSSR count). The Hall–Kier alpha value is 0. The van der Waals surface area contributed by atoms with Gasteiger partial charge in [0.1, 0.15) is 0 Å². The minimum absolute atomic E-state index is 0.733. The smallest absolute Gasteiger partial charge is 0.0295 e. The first-order chi connectivity index (χ1) is 13.8. The standard InChI is InChI=1S/C28H52/c1-2-3-4-11-18-27(19-12-7-5-6-8-13-20-27)23-16-26-17-24-28(25-26)21-14-9-10-15-22-28/h26H,2-25H2,1H3. The summed E-state index contributed by atoms with van der Waals surface area (Å²) < 4.78 is 0. The van der Waals surface area contributed by atoms with Crippen molar-refractivity contribution in [2.75, 3.05) is 0 Å². The lowest BCUT2D eigenvalue weighted by molar-refractivity contribution is 0.162. The molecule has 164 valence electrons. The lowest BCUT2D eigenvalue weighted by atomic mass is 9.70. The van der Waals surface area contributed by atoms with E-state index >= 15 is 0 Å². The monoisotopic (exact) mass is 388 g/mol. The molecule has 3 aliphatic carbocycles. The summed E-state index contributed by atoms with van der Waals surface area (Å²) in [6, 6.07) is 0. The van der Waals surface area contributed by atoms with Crippen LogP contribution in [0, 0.1) is 16.7 Å². The van der Waals surface area contributed by atoms with E-state index in [9.17, 15) is 0 Å². The first kappa shape index (κ1) is 22.7. The second kappa shape index (κ2) is 12.0. The quantitative estimate of drug-likeness (QED) is 0.363. The molecule has 0 heteroatoms. The zero-order valence-electron chi connectivity index (χ0n) is 19.5. The first-order valence-electron chi connectivity index (χ1n) is 13.8. The molecule has 0 aromatic carbocycles. The number of rotatable bonds is 8. The van der Waals surface area contributed by atoms with Crippen molar-refractivity contribution in [1.29, 1.82) is 0 Å². The molecule has 0 radical (unpaired) electrons. The van der Waals surface area contributed by atoms with Gasteiger partial charge in [-0.3, -0.25) is 0 Å². The maximum absolute atomic E-state index is 2.36. The van der Waals surface area contributed by atoms with Crippen LogP contribution in [0.5, 0.6) is 0 Å². The van der Waals surface area contributed by atoms with E-state index in [1.165, 1.54) is 89.9 Å². The minimum atomic E-state index is 0.733. The van der Waals surface area contributed by atoms with Gasteiger partial charge in [-0.05, 0) is 81.0 Å². The highest BCUT2D eigenvalue weighted by atomic mass is 14.4. The normalized spacial score (nSPS) is 28.4. The summed E-state index contributed by atoms with van der Waals surface area (Å²) in [7, 11) is 0. The van der Waals surface area contributed by atoms with E-state index in [1.54, 1.807) is 64.2 Å². The van der Waals surface area contributed by atoms with E-state index in [4.69, 9.17) is 0 Å². The van der Waals surface area contributed by atoms with Crippen LogP contribution in [0.2, 0.25) is 0 Å². The first-order valence-corrected chi connectivity index (χ1v) is 13.8. The van der Waals surface area contributed by atoms with Crippen molar-refractivity contribution >= 4 is 0 Å². The predicted octanol–water partition coefficient (Wildman–Crippen LogP) is 10.00. The highest BCUT2D eigenvalue weighted by molar-refractivity contribution is 4.91. The van der Waals surface area contributed by atoms with Crippen LogP contribution in [-0.2, 0) is 0 Å². The van der Waals surface area contributed by atoms with Crippen LogP contribution in [0.4, 0.5) is 0 Å². The average Bonchev–Trinajstić information content (AvgIpc) is 3.02. The second-order valence-electron chi connectivity index (χ2n) is 11.5. The molecule has 0 heterocycles.